The molecule has 0 aliphatic carbocycles. The quantitative estimate of drug-likeness (QED) is 0.921. The van der Waals surface area contributed by atoms with E-state index in [0.29, 0.717) is 18.7 Å². The second kappa shape index (κ2) is 6.13. The van der Waals surface area contributed by atoms with Gasteiger partial charge < -0.3 is 4.98 Å². The SMILES string of the molecule is Cc1cc(CN2CCc3nc(C(C)(C)C)[nH]c(=O)c3C2)ccc1F. The van der Waals surface area contributed by atoms with Gasteiger partial charge in [0.1, 0.15) is 11.6 Å². The number of halogens is 1. The standard InChI is InChI=1S/C19H24FN3O/c1-12-9-13(5-6-15(12)20)10-23-8-7-16-14(11-23)17(24)22-18(21-16)19(2,3)4/h5-6,9H,7-8,10-11H2,1-4H3,(H,21,22,24). The molecule has 1 aromatic carbocycles. The molecule has 3 rings (SSSR count). The molecule has 0 bridgehead atoms. The Labute approximate surface area is 141 Å². The maximum atomic E-state index is 13.4. The molecule has 4 nitrogen and oxygen atoms in total. The Kier molecular flexibility index (Phi) is 4.30. The van der Waals surface area contributed by atoms with Crippen LogP contribution < -0.4 is 5.56 Å². The van der Waals surface area contributed by atoms with E-state index in [1.54, 1.807) is 6.92 Å². The number of nitrogens with zero attached hydrogens (tertiary/aromatic N) is 2. The van der Waals surface area contributed by atoms with E-state index in [-0.39, 0.29) is 16.8 Å². The summed E-state index contributed by atoms with van der Waals surface area (Å²) in [5.74, 6) is 0.562. The van der Waals surface area contributed by atoms with Gasteiger partial charge >= 0.3 is 0 Å². The van der Waals surface area contributed by atoms with Gasteiger partial charge in [-0.15, -0.1) is 0 Å². The van der Waals surface area contributed by atoms with Gasteiger partial charge in [0, 0.05) is 31.5 Å². The van der Waals surface area contributed by atoms with Crippen molar-refractivity contribution >= 4 is 0 Å². The predicted octanol–water partition coefficient (Wildman–Crippen LogP) is 3.07. The summed E-state index contributed by atoms with van der Waals surface area (Å²) in [5, 5.41) is 0. The fourth-order valence-corrected chi connectivity index (χ4v) is 3.03. The first-order chi connectivity index (χ1) is 11.2. The molecule has 0 amide bonds. The lowest BCUT2D eigenvalue weighted by Gasteiger charge is -2.29. The van der Waals surface area contributed by atoms with E-state index in [4.69, 9.17) is 0 Å². The van der Waals surface area contributed by atoms with Gasteiger partial charge in [-0.2, -0.15) is 0 Å². The number of hydrogen-bond acceptors (Lipinski definition) is 3. The molecule has 0 saturated heterocycles. The average molecular weight is 329 g/mol. The van der Waals surface area contributed by atoms with Crippen LogP contribution in [0.25, 0.3) is 0 Å². The number of aromatic nitrogens is 2. The van der Waals surface area contributed by atoms with Gasteiger partial charge in [-0.25, -0.2) is 9.37 Å². The van der Waals surface area contributed by atoms with Crippen LogP contribution in [0.5, 0.6) is 0 Å². The number of nitrogens with one attached hydrogen (secondary N) is 1. The summed E-state index contributed by atoms with van der Waals surface area (Å²) < 4.78 is 13.4. The number of aryl methyl sites for hydroxylation is 1. The molecule has 0 saturated carbocycles. The monoisotopic (exact) mass is 329 g/mol. The topological polar surface area (TPSA) is 49.0 Å². The van der Waals surface area contributed by atoms with E-state index in [2.05, 4.69) is 14.9 Å². The minimum Gasteiger partial charge on any atom is -0.310 e. The average Bonchev–Trinajstić information content (AvgIpc) is 2.50. The molecule has 0 fully saturated rings. The number of rotatable bonds is 2. The number of H-pyrrole nitrogens is 1. The molecule has 2 heterocycles. The van der Waals surface area contributed by atoms with Crippen molar-refractivity contribution < 1.29 is 4.39 Å². The lowest BCUT2D eigenvalue weighted by Crippen LogP contribution is -2.37. The van der Waals surface area contributed by atoms with E-state index >= 15 is 0 Å². The number of benzene rings is 1. The van der Waals surface area contributed by atoms with Crippen molar-refractivity contribution in [2.75, 3.05) is 6.54 Å². The molecule has 2 aromatic rings. The van der Waals surface area contributed by atoms with Gasteiger partial charge in [0.05, 0.1) is 11.3 Å². The first-order valence-electron chi connectivity index (χ1n) is 8.34. The third kappa shape index (κ3) is 3.41. The highest BCUT2D eigenvalue weighted by Crippen LogP contribution is 2.21. The predicted molar refractivity (Wildman–Crippen MR) is 92.5 cm³/mol. The summed E-state index contributed by atoms with van der Waals surface area (Å²) in [5.41, 5.74) is 3.18. The van der Waals surface area contributed by atoms with Crippen LogP contribution in [0.4, 0.5) is 4.39 Å². The van der Waals surface area contributed by atoms with E-state index in [1.165, 1.54) is 6.07 Å². The maximum absolute atomic E-state index is 13.4. The Morgan fingerprint density at radius 3 is 2.75 bits per heavy atom. The van der Waals surface area contributed by atoms with Crippen molar-refractivity contribution in [2.45, 2.75) is 52.6 Å². The second-order valence-corrected chi connectivity index (χ2v) is 7.63. The Hall–Kier alpha value is -2.01. The molecule has 24 heavy (non-hydrogen) atoms. The van der Waals surface area contributed by atoms with Crippen LogP contribution in [-0.2, 0) is 24.9 Å². The highest BCUT2D eigenvalue weighted by Gasteiger charge is 2.24. The van der Waals surface area contributed by atoms with Gasteiger partial charge in [-0.3, -0.25) is 9.69 Å². The molecule has 5 heteroatoms. The Balaban J connectivity index is 1.82. The van der Waals surface area contributed by atoms with Gasteiger partial charge in [0.2, 0.25) is 0 Å². The molecule has 1 aliphatic heterocycles. The first kappa shape index (κ1) is 16.8. The summed E-state index contributed by atoms with van der Waals surface area (Å²) in [6.07, 6.45) is 0.766. The summed E-state index contributed by atoms with van der Waals surface area (Å²) in [6.45, 7) is 10.0. The molecule has 0 atom stereocenters. The van der Waals surface area contributed by atoms with Crippen LogP contribution in [0.2, 0.25) is 0 Å². The normalized spacial score (nSPS) is 15.4. The van der Waals surface area contributed by atoms with Crippen LogP contribution in [0.15, 0.2) is 23.0 Å². The van der Waals surface area contributed by atoms with Crippen molar-refractivity contribution in [2.24, 2.45) is 0 Å². The van der Waals surface area contributed by atoms with Crippen LogP contribution in [-0.4, -0.2) is 21.4 Å². The fourth-order valence-electron chi connectivity index (χ4n) is 3.03. The van der Waals surface area contributed by atoms with E-state index in [9.17, 15) is 9.18 Å². The molecular weight excluding hydrogens is 305 g/mol. The molecule has 0 radical (unpaired) electrons. The molecule has 128 valence electrons. The smallest absolute Gasteiger partial charge is 0.255 e. The molecule has 1 aliphatic rings. The molecule has 1 aromatic heterocycles. The lowest BCUT2D eigenvalue weighted by molar-refractivity contribution is 0.241. The first-order valence-corrected chi connectivity index (χ1v) is 8.34. The van der Waals surface area contributed by atoms with E-state index in [0.717, 1.165) is 35.6 Å². The Morgan fingerprint density at radius 1 is 1.33 bits per heavy atom. The third-order valence-electron chi connectivity index (χ3n) is 4.49. The van der Waals surface area contributed by atoms with Crippen LogP contribution in [0.1, 0.15) is 49.0 Å². The molecular formula is C19H24FN3O. The van der Waals surface area contributed by atoms with Gasteiger partial charge in [-0.1, -0.05) is 32.9 Å². The zero-order valence-corrected chi connectivity index (χ0v) is 14.7. The van der Waals surface area contributed by atoms with Gasteiger partial charge in [0.15, 0.2) is 0 Å². The molecule has 0 spiro atoms. The van der Waals surface area contributed by atoms with E-state index < -0.39 is 0 Å². The van der Waals surface area contributed by atoms with Crippen molar-refractivity contribution in [3.63, 3.8) is 0 Å². The minimum atomic E-state index is -0.182. The van der Waals surface area contributed by atoms with E-state index in [1.807, 2.05) is 32.9 Å². The number of fused-ring (bicyclic) bond motifs is 1. The highest BCUT2D eigenvalue weighted by atomic mass is 19.1. The highest BCUT2D eigenvalue weighted by molar-refractivity contribution is 5.26. The summed E-state index contributed by atoms with van der Waals surface area (Å²) in [4.78, 5) is 22.3. The third-order valence-corrected chi connectivity index (χ3v) is 4.49. The Bertz CT molecular complexity index is 820. The van der Waals surface area contributed by atoms with Crippen molar-refractivity contribution in [1.29, 1.82) is 0 Å². The summed E-state index contributed by atoms with van der Waals surface area (Å²) >= 11 is 0. The Morgan fingerprint density at radius 2 is 2.08 bits per heavy atom. The molecule has 0 unspecified atom stereocenters. The number of aromatic amines is 1. The summed E-state index contributed by atoms with van der Waals surface area (Å²) in [6, 6.07) is 5.19. The fraction of sp³-hybridized carbons (Fsp3) is 0.474. The van der Waals surface area contributed by atoms with Gasteiger partial charge in [0.25, 0.3) is 5.56 Å². The van der Waals surface area contributed by atoms with Gasteiger partial charge in [-0.05, 0) is 24.1 Å². The van der Waals surface area contributed by atoms with Crippen LogP contribution in [0, 0.1) is 12.7 Å². The van der Waals surface area contributed by atoms with Crippen LogP contribution in [0.3, 0.4) is 0 Å². The zero-order chi connectivity index (χ0) is 17.5. The van der Waals surface area contributed by atoms with Crippen molar-refractivity contribution in [3.8, 4) is 0 Å². The largest absolute Gasteiger partial charge is 0.310 e. The second-order valence-electron chi connectivity index (χ2n) is 7.63. The minimum absolute atomic E-state index is 0.0371. The zero-order valence-electron chi connectivity index (χ0n) is 14.7. The summed E-state index contributed by atoms with van der Waals surface area (Å²) in [7, 11) is 0. The molecule has 1 N–H and O–H groups in total. The van der Waals surface area contributed by atoms with Crippen molar-refractivity contribution in [1.82, 2.24) is 14.9 Å². The lowest BCUT2D eigenvalue weighted by atomic mass is 9.95. The number of hydrogen-bond donors (Lipinski definition) is 1. The van der Waals surface area contributed by atoms with Crippen molar-refractivity contribution in [3.05, 3.63) is 62.6 Å². The van der Waals surface area contributed by atoms with Crippen LogP contribution >= 0.6 is 0 Å². The maximum Gasteiger partial charge on any atom is 0.255 e.